The Morgan fingerprint density at radius 3 is 2.26 bits per heavy atom. The molecule has 1 fully saturated rings. The second kappa shape index (κ2) is 6.60. The van der Waals surface area contributed by atoms with E-state index in [9.17, 15) is 15.0 Å². The molecule has 0 atom stereocenters. The summed E-state index contributed by atoms with van der Waals surface area (Å²) >= 11 is 0. The third-order valence-corrected chi connectivity index (χ3v) is 4.15. The zero-order chi connectivity index (χ0) is 16.2. The second-order valence-corrected chi connectivity index (χ2v) is 5.70. The summed E-state index contributed by atoms with van der Waals surface area (Å²) in [5, 5.41) is 18.8. The van der Waals surface area contributed by atoms with Gasteiger partial charge in [0.2, 0.25) is 5.91 Å². The van der Waals surface area contributed by atoms with Crippen LogP contribution in [0.2, 0.25) is 0 Å². The zero-order valence-electron chi connectivity index (χ0n) is 12.9. The van der Waals surface area contributed by atoms with Crippen molar-refractivity contribution in [2.45, 2.75) is 6.42 Å². The highest BCUT2D eigenvalue weighted by Crippen LogP contribution is 2.25. The molecule has 3 rings (SSSR count). The fraction of sp³-hybridized carbons (Fsp3) is 0.278. The molecule has 1 aliphatic heterocycles. The van der Waals surface area contributed by atoms with Crippen molar-refractivity contribution < 1.29 is 15.0 Å². The van der Waals surface area contributed by atoms with Gasteiger partial charge in [-0.1, -0.05) is 24.3 Å². The third kappa shape index (κ3) is 3.56. The van der Waals surface area contributed by atoms with E-state index in [0.29, 0.717) is 18.7 Å². The molecule has 0 spiro atoms. The molecule has 2 N–H and O–H groups in total. The first kappa shape index (κ1) is 15.2. The molecule has 1 amide bonds. The van der Waals surface area contributed by atoms with Crippen LogP contribution in [-0.4, -0.2) is 47.2 Å². The van der Waals surface area contributed by atoms with Gasteiger partial charge in [-0.2, -0.15) is 0 Å². The quantitative estimate of drug-likeness (QED) is 0.851. The predicted molar refractivity (Wildman–Crippen MR) is 88.7 cm³/mol. The molecule has 0 radical (unpaired) electrons. The van der Waals surface area contributed by atoms with Gasteiger partial charge in [-0.25, -0.2) is 0 Å². The Hall–Kier alpha value is -2.69. The van der Waals surface area contributed by atoms with Crippen LogP contribution in [0.15, 0.2) is 48.5 Å². The zero-order valence-corrected chi connectivity index (χ0v) is 12.9. The molecule has 23 heavy (non-hydrogen) atoms. The van der Waals surface area contributed by atoms with E-state index in [0.717, 1.165) is 13.1 Å². The van der Waals surface area contributed by atoms with E-state index < -0.39 is 0 Å². The summed E-state index contributed by atoms with van der Waals surface area (Å²) in [5.74, 6) is -0.315. The Morgan fingerprint density at radius 2 is 1.61 bits per heavy atom. The summed E-state index contributed by atoms with van der Waals surface area (Å²) < 4.78 is 0. The number of rotatable bonds is 3. The van der Waals surface area contributed by atoms with Gasteiger partial charge in [0.1, 0.15) is 0 Å². The van der Waals surface area contributed by atoms with Crippen LogP contribution in [0.3, 0.4) is 0 Å². The number of aromatic hydroxyl groups is 2. The molecule has 0 aliphatic carbocycles. The summed E-state index contributed by atoms with van der Waals surface area (Å²) in [4.78, 5) is 16.5. The maximum atomic E-state index is 12.4. The van der Waals surface area contributed by atoms with Crippen molar-refractivity contribution in [3.63, 3.8) is 0 Å². The molecule has 0 unspecified atom stereocenters. The van der Waals surface area contributed by atoms with Crippen LogP contribution in [-0.2, 0) is 11.2 Å². The number of carbonyl (C=O) groups excluding carboxylic acids is 1. The molecule has 0 aromatic heterocycles. The standard InChI is InChI=1S/C18H20N2O3/c21-16-7-6-14(12-17(16)22)13-18(23)20-10-8-19(9-11-20)15-4-2-1-3-5-15/h1-7,12,21-22H,8-11,13H2. The molecule has 5 nitrogen and oxygen atoms in total. The van der Waals surface area contributed by atoms with Gasteiger partial charge in [-0.05, 0) is 29.8 Å². The van der Waals surface area contributed by atoms with Crippen LogP contribution < -0.4 is 4.90 Å². The van der Waals surface area contributed by atoms with E-state index in [-0.39, 0.29) is 23.8 Å². The highest BCUT2D eigenvalue weighted by molar-refractivity contribution is 5.79. The minimum atomic E-state index is -0.191. The molecule has 2 aromatic rings. The fourth-order valence-electron chi connectivity index (χ4n) is 2.82. The van der Waals surface area contributed by atoms with Crippen LogP contribution in [0, 0.1) is 0 Å². The number of anilines is 1. The normalized spacial score (nSPS) is 14.8. The summed E-state index contributed by atoms with van der Waals surface area (Å²) in [6.07, 6.45) is 0.235. The van der Waals surface area contributed by atoms with E-state index >= 15 is 0 Å². The van der Waals surface area contributed by atoms with Crippen molar-refractivity contribution in [2.75, 3.05) is 31.1 Å². The summed E-state index contributed by atoms with van der Waals surface area (Å²) in [6.45, 7) is 3.02. The van der Waals surface area contributed by atoms with Crippen molar-refractivity contribution in [1.29, 1.82) is 0 Å². The molecule has 120 valence electrons. The topological polar surface area (TPSA) is 64.0 Å². The minimum Gasteiger partial charge on any atom is -0.504 e. The van der Waals surface area contributed by atoms with E-state index in [4.69, 9.17) is 0 Å². The van der Waals surface area contributed by atoms with Crippen molar-refractivity contribution in [3.05, 3.63) is 54.1 Å². The predicted octanol–water partition coefficient (Wildman–Crippen LogP) is 1.99. The van der Waals surface area contributed by atoms with E-state index in [1.54, 1.807) is 6.07 Å². The summed E-state index contributed by atoms with van der Waals surface area (Å²) in [6, 6.07) is 14.7. The van der Waals surface area contributed by atoms with Gasteiger partial charge >= 0.3 is 0 Å². The fourth-order valence-corrected chi connectivity index (χ4v) is 2.82. The first-order chi connectivity index (χ1) is 11.1. The molecular weight excluding hydrogens is 292 g/mol. The van der Waals surface area contributed by atoms with Gasteiger partial charge in [-0.15, -0.1) is 0 Å². The van der Waals surface area contributed by atoms with E-state index in [1.165, 1.54) is 17.8 Å². The maximum absolute atomic E-state index is 12.4. The summed E-state index contributed by atoms with van der Waals surface area (Å²) in [7, 11) is 0. The Kier molecular flexibility index (Phi) is 4.37. The maximum Gasteiger partial charge on any atom is 0.227 e. The number of carbonyl (C=O) groups is 1. The molecule has 1 aliphatic rings. The van der Waals surface area contributed by atoms with Gasteiger partial charge in [-0.3, -0.25) is 4.79 Å². The Labute approximate surface area is 135 Å². The van der Waals surface area contributed by atoms with Crippen LogP contribution in [0.5, 0.6) is 11.5 Å². The molecular formula is C18H20N2O3. The van der Waals surface area contributed by atoms with Gasteiger partial charge < -0.3 is 20.0 Å². The van der Waals surface area contributed by atoms with Crippen LogP contribution in [0.1, 0.15) is 5.56 Å². The smallest absolute Gasteiger partial charge is 0.227 e. The molecule has 5 heteroatoms. The van der Waals surface area contributed by atoms with Crippen molar-refractivity contribution in [3.8, 4) is 11.5 Å². The van der Waals surface area contributed by atoms with E-state index in [1.807, 2.05) is 23.1 Å². The van der Waals surface area contributed by atoms with E-state index in [2.05, 4.69) is 17.0 Å². The third-order valence-electron chi connectivity index (χ3n) is 4.15. The van der Waals surface area contributed by atoms with Crippen molar-refractivity contribution in [2.24, 2.45) is 0 Å². The SMILES string of the molecule is O=C(Cc1ccc(O)c(O)c1)N1CCN(c2ccccc2)CC1. The van der Waals surface area contributed by atoms with Gasteiger partial charge in [0.05, 0.1) is 6.42 Å². The van der Waals surface area contributed by atoms with Crippen LogP contribution >= 0.6 is 0 Å². The molecule has 1 saturated heterocycles. The number of phenolic OH excluding ortho intramolecular Hbond substituents is 2. The average molecular weight is 312 g/mol. The number of phenols is 2. The highest BCUT2D eigenvalue weighted by Gasteiger charge is 2.21. The number of para-hydroxylation sites is 1. The first-order valence-corrected chi connectivity index (χ1v) is 7.72. The highest BCUT2D eigenvalue weighted by atomic mass is 16.3. The number of benzene rings is 2. The van der Waals surface area contributed by atoms with Gasteiger partial charge in [0.15, 0.2) is 11.5 Å². The monoisotopic (exact) mass is 312 g/mol. The minimum absolute atomic E-state index is 0.0443. The number of hydrogen-bond acceptors (Lipinski definition) is 4. The lowest BCUT2D eigenvalue weighted by atomic mass is 10.1. The van der Waals surface area contributed by atoms with Crippen molar-refractivity contribution in [1.82, 2.24) is 4.90 Å². The van der Waals surface area contributed by atoms with Crippen molar-refractivity contribution >= 4 is 11.6 Å². The Balaban J connectivity index is 1.57. The van der Waals surface area contributed by atoms with Gasteiger partial charge in [0, 0.05) is 31.9 Å². The Morgan fingerprint density at radius 1 is 0.913 bits per heavy atom. The summed E-state index contributed by atoms with van der Waals surface area (Å²) in [5.41, 5.74) is 1.89. The first-order valence-electron chi connectivity index (χ1n) is 7.72. The molecule has 0 bridgehead atoms. The number of nitrogens with zero attached hydrogens (tertiary/aromatic N) is 2. The number of amides is 1. The molecule has 0 saturated carbocycles. The lowest BCUT2D eigenvalue weighted by molar-refractivity contribution is -0.130. The van der Waals surface area contributed by atoms with Crippen LogP contribution in [0.4, 0.5) is 5.69 Å². The lowest BCUT2D eigenvalue weighted by Crippen LogP contribution is -2.49. The Bertz CT molecular complexity index is 680. The molecule has 2 aromatic carbocycles. The lowest BCUT2D eigenvalue weighted by Gasteiger charge is -2.36. The average Bonchev–Trinajstić information content (AvgIpc) is 2.59. The molecule has 1 heterocycles. The number of hydrogen-bond donors (Lipinski definition) is 2. The largest absolute Gasteiger partial charge is 0.504 e. The van der Waals surface area contributed by atoms with Gasteiger partial charge in [0.25, 0.3) is 0 Å². The second-order valence-electron chi connectivity index (χ2n) is 5.70. The number of piperazine rings is 1. The van der Waals surface area contributed by atoms with Crippen LogP contribution in [0.25, 0.3) is 0 Å².